The molecule has 1 saturated heterocycles. The summed E-state index contributed by atoms with van der Waals surface area (Å²) in [5.74, 6) is 1.25. The Morgan fingerprint density at radius 3 is 2.90 bits per heavy atom. The van der Waals surface area contributed by atoms with E-state index in [1.54, 1.807) is 13.2 Å². The summed E-state index contributed by atoms with van der Waals surface area (Å²) >= 11 is 11.2. The maximum atomic E-state index is 6.04. The number of hydrogen-bond donors (Lipinski definition) is 2. The molecule has 110 valence electrons. The molecule has 2 N–H and O–H groups in total. The molecule has 0 unspecified atom stereocenters. The molecular weight excluding hydrogens is 298 g/mol. The zero-order chi connectivity index (χ0) is 14.4. The number of rotatable bonds is 5. The van der Waals surface area contributed by atoms with Crippen molar-refractivity contribution in [2.24, 2.45) is 0 Å². The van der Waals surface area contributed by atoms with Gasteiger partial charge in [0.15, 0.2) is 5.11 Å². The summed E-state index contributed by atoms with van der Waals surface area (Å²) in [6.45, 7) is 3.21. The highest BCUT2D eigenvalue weighted by Crippen LogP contribution is 2.21. The van der Waals surface area contributed by atoms with E-state index in [0.717, 1.165) is 18.9 Å². The molecule has 0 aliphatic carbocycles. The molecule has 2 rings (SSSR count). The minimum Gasteiger partial charge on any atom is -0.383 e. The van der Waals surface area contributed by atoms with Crippen LogP contribution in [0.4, 0.5) is 11.8 Å². The Morgan fingerprint density at radius 1 is 1.45 bits per heavy atom. The van der Waals surface area contributed by atoms with Crippen LogP contribution in [0.3, 0.4) is 0 Å². The number of thiocarbonyl (C=S) groups is 1. The highest BCUT2D eigenvalue weighted by atomic mass is 35.5. The van der Waals surface area contributed by atoms with E-state index in [4.69, 9.17) is 28.6 Å². The number of anilines is 2. The van der Waals surface area contributed by atoms with Crippen molar-refractivity contribution in [2.45, 2.75) is 12.8 Å². The quantitative estimate of drug-likeness (QED) is 0.487. The van der Waals surface area contributed by atoms with Crippen molar-refractivity contribution >= 4 is 40.7 Å². The number of nitrogens with one attached hydrogen (secondary N) is 2. The molecule has 1 aliphatic rings. The molecule has 0 spiro atoms. The number of aromatic nitrogens is 2. The van der Waals surface area contributed by atoms with Crippen LogP contribution in [0.2, 0.25) is 5.15 Å². The topological polar surface area (TPSA) is 62.3 Å². The Labute approximate surface area is 128 Å². The summed E-state index contributed by atoms with van der Waals surface area (Å²) in [6.07, 6.45) is 2.36. The van der Waals surface area contributed by atoms with Crippen LogP contribution in [0.1, 0.15) is 12.8 Å². The van der Waals surface area contributed by atoms with Crippen molar-refractivity contribution in [3.8, 4) is 0 Å². The van der Waals surface area contributed by atoms with Gasteiger partial charge in [0.25, 0.3) is 0 Å². The molecular formula is C12H18ClN5OS. The first-order chi connectivity index (χ1) is 9.69. The maximum Gasteiger partial charge on any atom is 0.232 e. The molecule has 1 aliphatic heterocycles. The number of methoxy groups -OCH3 is 1. The van der Waals surface area contributed by atoms with Crippen molar-refractivity contribution in [3.05, 3.63) is 11.2 Å². The van der Waals surface area contributed by atoms with E-state index in [1.165, 1.54) is 12.8 Å². The monoisotopic (exact) mass is 315 g/mol. The maximum absolute atomic E-state index is 6.04. The third-order valence-corrected chi connectivity index (χ3v) is 3.37. The lowest BCUT2D eigenvalue weighted by Crippen LogP contribution is -2.32. The van der Waals surface area contributed by atoms with Crippen LogP contribution in [0.25, 0.3) is 0 Å². The Bertz CT molecular complexity index is 467. The van der Waals surface area contributed by atoms with Crippen LogP contribution < -0.4 is 15.5 Å². The molecule has 1 aromatic heterocycles. The number of halogens is 1. The average molecular weight is 316 g/mol. The van der Waals surface area contributed by atoms with Gasteiger partial charge < -0.3 is 20.3 Å². The third kappa shape index (κ3) is 4.43. The summed E-state index contributed by atoms with van der Waals surface area (Å²) in [5.41, 5.74) is 0. The van der Waals surface area contributed by atoms with Gasteiger partial charge in [0.05, 0.1) is 6.61 Å². The lowest BCUT2D eigenvalue weighted by atomic mass is 10.4. The summed E-state index contributed by atoms with van der Waals surface area (Å²) in [5, 5.41) is 6.80. The highest BCUT2D eigenvalue weighted by Gasteiger charge is 2.15. The fourth-order valence-electron chi connectivity index (χ4n) is 1.98. The van der Waals surface area contributed by atoms with Gasteiger partial charge in [0.1, 0.15) is 11.0 Å². The Kier molecular flexibility index (Phi) is 5.75. The molecule has 2 heterocycles. The van der Waals surface area contributed by atoms with Gasteiger partial charge in [-0.2, -0.15) is 4.98 Å². The molecule has 0 atom stereocenters. The first-order valence-electron chi connectivity index (χ1n) is 6.52. The molecule has 0 saturated carbocycles. The third-order valence-electron chi connectivity index (χ3n) is 2.93. The van der Waals surface area contributed by atoms with Crippen molar-refractivity contribution in [1.82, 2.24) is 15.3 Å². The first-order valence-corrected chi connectivity index (χ1v) is 7.31. The Balaban J connectivity index is 1.98. The van der Waals surface area contributed by atoms with Crippen LogP contribution in [0, 0.1) is 0 Å². The molecule has 0 radical (unpaired) electrons. The van der Waals surface area contributed by atoms with E-state index in [9.17, 15) is 0 Å². The largest absolute Gasteiger partial charge is 0.383 e. The van der Waals surface area contributed by atoms with Gasteiger partial charge in [-0.3, -0.25) is 0 Å². The summed E-state index contributed by atoms with van der Waals surface area (Å²) in [4.78, 5) is 10.8. The van der Waals surface area contributed by atoms with Crippen molar-refractivity contribution < 1.29 is 4.74 Å². The van der Waals surface area contributed by atoms with Crippen molar-refractivity contribution in [1.29, 1.82) is 0 Å². The number of nitrogens with zero attached hydrogens (tertiary/aromatic N) is 3. The van der Waals surface area contributed by atoms with Gasteiger partial charge in [0.2, 0.25) is 5.95 Å². The second-order valence-electron chi connectivity index (χ2n) is 4.44. The van der Waals surface area contributed by atoms with Gasteiger partial charge in [-0.05, 0) is 25.1 Å². The standard InChI is InChI=1S/C12H18ClN5OS/c1-19-7-4-14-12(20)17-11-15-9(13)8-10(16-11)18-5-2-3-6-18/h8H,2-7H2,1H3,(H2,14,15,16,17,20). The Hall–Kier alpha value is -1.18. The van der Waals surface area contributed by atoms with Crippen LogP contribution in [-0.2, 0) is 4.74 Å². The number of hydrogen-bond acceptors (Lipinski definition) is 5. The summed E-state index contributed by atoms with van der Waals surface area (Å²) in [6, 6.07) is 1.78. The van der Waals surface area contributed by atoms with E-state index in [2.05, 4.69) is 25.5 Å². The van der Waals surface area contributed by atoms with E-state index in [-0.39, 0.29) is 0 Å². The van der Waals surface area contributed by atoms with Crippen molar-refractivity contribution in [3.63, 3.8) is 0 Å². The zero-order valence-electron chi connectivity index (χ0n) is 11.4. The van der Waals surface area contributed by atoms with Crippen LogP contribution >= 0.6 is 23.8 Å². The normalized spacial score (nSPS) is 14.4. The van der Waals surface area contributed by atoms with Crippen LogP contribution in [0.15, 0.2) is 6.07 Å². The average Bonchev–Trinajstić information content (AvgIpc) is 2.92. The summed E-state index contributed by atoms with van der Waals surface area (Å²) < 4.78 is 4.94. The molecule has 6 nitrogen and oxygen atoms in total. The van der Waals surface area contributed by atoms with Gasteiger partial charge in [-0.15, -0.1) is 0 Å². The van der Waals surface area contributed by atoms with E-state index in [0.29, 0.717) is 29.4 Å². The molecule has 0 bridgehead atoms. The molecule has 20 heavy (non-hydrogen) atoms. The lowest BCUT2D eigenvalue weighted by Gasteiger charge is -2.17. The fourth-order valence-corrected chi connectivity index (χ4v) is 2.35. The second-order valence-corrected chi connectivity index (χ2v) is 5.24. The van der Waals surface area contributed by atoms with Crippen molar-refractivity contribution in [2.75, 3.05) is 43.6 Å². The zero-order valence-corrected chi connectivity index (χ0v) is 12.9. The molecule has 1 aromatic rings. The minimum atomic E-state index is 0.407. The molecule has 0 aromatic carbocycles. The predicted octanol–water partition coefficient (Wildman–Crippen LogP) is 1.66. The van der Waals surface area contributed by atoms with Gasteiger partial charge >= 0.3 is 0 Å². The summed E-state index contributed by atoms with van der Waals surface area (Å²) in [7, 11) is 1.64. The fraction of sp³-hybridized carbons (Fsp3) is 0.583. The molecule has 8 heteroatoms. The molecule has 1 fully saturated rings. The van der Waals surface area contributed by atoms with E-state index >= 15 is 0 Å². The van der Waals surface area contributed by atoms with E-state index < -0.39 is 0 Å². The van der Waals surface area contributed by atoms with Crippen LogP contribution in [0.5, 0.6) is 0 Å². The molecule has 0 amide bonds. The SMILES string of the molecule is COCCNC(=S)Nc1nc(Cl)cc(N2CCCC2)n1. The second kappa shape index (κ2) is 7.56. The predicted molar refractivity (Wildman–Crippen MR) is 84.6 cm³/mol. The lowest BCUT2D eigenvalue weighted by molar-refractivity contribution is 0.204. The Morgan fingerprint density at radius 2 is 2.20 bits per heavy atom. The van der Waals surface area contributed by atoms with Crippen LogP contribution in [-0.4, -0.2) is 48.4 Å². The van der Waals surface area contributed by atoms with Gasteiger partial charge in [-0.1, -0.05) is 11.6 Å². The smallest absolute Gasteiger partial charge is 0.232 e. The van der Waals surface area contributed by atoms with Gasteiger partial charge in [-0.25, -0.2) is 4.98 Å². The first kappa shape index (κ1) is 15.2. The minimum absolute atomic E-state index is 0.407. The highest BCUT2D eigenvalue weighted by molar-refractivity contribution is 7.80. The van der Waals surface area contributed by atoms with E-state index in [1.807, 2.05) is 0 Å². The number of ether oxygens (including phenoxy) is 1. The van der Waals surface area contributed by atoms with Gasteiger partial charge in [0, 0.05) is 32.8 Å².